The highest BCUT2D eigenvalue weighted by molar-refractivity contribution is 7.55. The molecule has 3 unspecified atom stereocenters. The molecule has 4 N–H and O–H groups in total. The van der Waals surface area contributed by atoms with Gasteiger partial charge < -0.3 is 19.5 Å². The fourth-order valence-corrected chi connectivity index (χ4v) is 4.84. The van der Waals surface area contributed by atoms with E-state index in [1.165, 1.54) is 0 Å². The van der Waals surface area contributed by atoms with Gasteiger partial charge in [0, 0.05) is 22.2 Å². The third kappa shape index (κ3) is 5.33. The molecule has 0 spiro atoms. The SMILES string of the molecule is Cc1ccc2c(Cn3c(=O)ccn([C@@H]4O[C@H](COP(=O)(O)O[P+](=O)O)C(O)[C@@H]4O)c3=O)noc2c1. The molecule has 3 aromatic rings. The predicted octanol–water partition coefficient (Wildman–Crippen LogP) is -0.0896. The normalized spacial score (nSPS) is 24.5. The third-order valence-corrected chi connectivity index (χ3v) is 7.15. The molecule has 0 aliphatic carbocycles. The number of hydrogen-bond acceptors (Lipinski definition) is 11. The van der Waals surface area contributed by atoms with E-state index in [1.54, 1.807) is 12.1 Å². The van der Waals surface area contributed by atoms with Crippen LogP contribution in [0, 0.1) is 6.92 Å². The maximum atomic E-state index is 13.1. The van der Waals surface area contributed by atoms with Gasteiger partial charge in [0.25, 0.3) is 5.56 Å². The van der Waals surface area contributed by atoms with Gasteiger partial charge in [0.1, 0.15) is 24.0 Å². The molecule has 4 rings (SSSR count). The van der Waals surface area contributed by atoms with Crippen LogP contribution < -0.4 is 11.2 Å². The van der Waals surface area contributed by atoms with Crippen LogP contribution in [0.15, 0.2) is 44.6 Å². The molecule has 35 heavy (non-hydrogen) atoms. The van der Waals surface area contributed by atoms with Gasteiger partial charge in [-0.1, -0.05) is 11.2 Å². The molecule has 1 aliphatic heterocycles. The van der Waals surface area contributed by atoms with Gasteiger partial charge in [-0.05, 0) is 28.9 Å². The number of aromatic nitrogens is 3. The molecule has 6 atom stereocenters. The van der Waals surface area contributed by atoms with E-state index >= 15 is 0 Å². The summed E-state index contributed by atoms with van der Waals surface area (Å²) in [6, 6.07) is 6.36. The Morgan fingerprint density at radius 1 is 1.23 bits per heavy atom. The Kier molecular flexibility index (Phi) is 7.16. The van der Waals surface area contributed by atoms with Crippen LogP contribution in [0.2, 0.25) is 0 Å². The van der Waals surface area contributed by atoms with E-state index in [-0.39, 0.29) is 6.54 Å². The van der Waals surface area contributed by atoms with Crippen molar-refractivity contribution >= 4 is 27.0 Å². The molecule has 0 saturated carbocycles. The van der Waals surface area contributed by atoms with Crippen LogP contribution in [0.4, 0.5) is 0 Å². The monoisotopic (exact) mass is 532 g/mol. The van der Waals surface area contributed by atoms with Gasteiger partial charge in [-0.2, -0.15) is 0 Å². The Bertz CT molecular complexity index is 1430. The standard InChI is InChI=1S/C18H19N3O12P2/c1-9-2-3-10-11(19-32-12(10)6-9)7-21-14(22)4-5-20(18(21)25)17-16(24)15(23)13(31-17)8-30-35(28,29)33-34(26)27/h2-6,13,15-17,23-24H,7-8H2,1H3,(H-,26,27,28,29)/p+1/t13-,15?,16+,17-/m1/s1. The van der Waals surface area contributed by atoms with Crippen molar-refractivity contribution in [3.05, 3.63) is 62.6 Å². The fourth-order valence-electron chi connectivity index (χ4n) is 3.61. The number of aryl methyl sites for hydroxylation is 1. The zero-order valence-corrected chi connectivity index (χ0v) is 19.7. The smallest absolute Gasteiger partial charge is 0.387 e. The van der Waals surface area contributed by atoms with Crippen molar-refractivity contribution in [1.29, 1.82) is 0 Å². The van der Waals surface area contributed by atoms with E-state index < -0.39 is 58.5 Å². The number of nitrogens with zero attached hydrogens (tertiary/aromatic N) is 3. The van der Waals surface area contributed by atoms with Crippen molar-refractivity contribution in [2.75, 3.05) is 6.61 Å². The first-order chi connectivity index (χ1) is 16.5. The van der Waals surface area contributed by atoms with Gasteiger partial charge in [-0.15, -0.1) is 4.89 Å². The van der Waals surface area contributed by atoms with E-state index in [4.69, 9.17) is 14.2 Å². The highest BCUT2D eigenvalue weighted by Crippen LogP contribution is 2.51. The zero-order valence-electron chi connectivity index (χ0n) is 17.9. The lowest BCUT2D eigenvalue weighted by atomic mass is 10.1. The number of aliphatic hydroxyl groups excluding tert-OH is 2. The molecule has 3 heterocycles. The minimum Gasteiger partial charge on any atom is -0.387 e. The van der Waals surface area contributed by atoms with Gasteiger partial charge in [-0.25, -0.2) is 9.36 Å². The number of ether oxygens (including phenoxy) is 1. The summed E-state index contributed by atoms with van der Waals surface area (Å²) in [5, 5.41) is 25.2. The lowest BCUT2D eigenvalue weighted by molar-refractivity contribution is -0.0546. The van der Waals surface area contributed by atoms with Crippen LogP contribution in [0.25, 0.3) is 11.0 Å². The largest absolute Gasteiger partial charge is 0.705 e. The summed E-state index contributed by atoms with van der Waals surface area (Å²) in [5.41, 5.74) is 0.155. The Hall–Kier alpha value is -2.58. The Balaban J connectivity index is 1.58. The van der Waals surface area contributed by atoms with Gasteiger partial charge in [0.15, 0.2) is 11.8 Å². The van der Waals surface area contributed by atoms with Crippen LogP contribution in [-0.4, -0.2) is 59.2 Å². The summed E-state index contributed by atoms with van der Waals surface area (Å²) in [5.74, 6) is 0. The summed E-state index contributed by atoms with van der Waals surface area (Å²) >= 11 is 0. The molecule has 0 bridgehead atoms. The second-order valence-corrected chi connectivity index (χ2v) is 10.0. The van der Waals surface area contributed by atoms with Crippen molar-refractivity contribution in [2.45, 2.75) is 38.0 Å². The van der Waals surface area contributed by atoms with Crippen LogP contribution >= 0.6 is 16.1 Å². The minimum absolute atomic E-state index is 0.253. The second-order valence-electron chi connectivity index (χ2n) is 7.69. The van der Waals surface area contributed by atoms with E-state index in [0.29, 0.717) is 16.7 Å². The van der Waals surface area contributed by atoms with Crippen LogP contribution in [0.1, 0.15) is 17.5 Å². The number of phosphoric acid groups is 1. The summed E-state index contributed by atoms with van der Waals surface area (Å²) in [6.07, 6.45) is -5.24. The molecule has 17 heteroatoms. The molecular weight excluding hydrogens is 512 g/mol. The van der Waals surface area contributed by atoms with E-state index in [2.05, 4.69) is 14.0 Å². The highest BCUT2D eigenvalue weighted by atomic mass is 31.2. The average molecular weight is 532 g/mol. The Morgan fingerprint density at radius 3 is 2.69 bits per heavy atom. The quantitative estimate of drug-likeness (QED) is 0.280. The molecular formula is C18H20N3O12P2+. The summed E-state index contributed by atoms with van der Waals surface area (Å²) in [6.45, 7) is 0.781. The Morgan fingerprint density at radius 2 is 1.97 bits per heavy atom. The summed E-state index contributed by atoms with van der Waals surface area (Å²) < 4.78 is 42.9. The number of fused-ring (bicyclic) bond motifs is 1. The highest BCUT2D eigenvalue weighted by Gasteiger charge is 2.46. The first kappa shape index (κ1) is 25.5. The first-order valence-electron chi connectivity index (χ1n) is 9.98. The van der Waals surface area contributed by atoms with Crippen molar-refractivity contribution in [3.63, 3.8) is 0 Å². The molecule has 1 fully saturated rings. The van der Waals surface area contributed by atoms with Crippen LogP contribution in [0.3, 0.4) is 0 Å². The average Bonchev–Trinajstić information content (AvgIpc) is 3.29. The van der Waals surface area contributed by atoms with E-state index in [9.17, 15) is 33.8 Å². The third-order valence-electron chi connectivity index (χ3n) is 5.29. The summed E-state index contributed by atoms with van der Waals surface area (Å²) in [4.78, 5) is 43.5. The molecule has 15 nitrogen and oxygen atoms in total. The second kappa shape index (κ2) is 9.82. The number of phosphoric ester groups is 1. The van der Waals surface area contributed by atoms with Gasteiger partial charge in [0.2, 0.25) is 0 Å². The molecule has 188 valence electrons. The molecule has 1 saturated heterocycles. The molecule has 2 aromatic heterocycles. The maximum absolute atomic E-state index is 13.1. The first-order valence-corrected chi connectivity index (χ1v) is 12.6. The van der Waals surface area contributed by atoms with Gasteiger partial charge in [-0.3, -0.25) is 23.3 Å². The fraction of sp³-hybridized carbons (Fsp3) is 0.389. The van der Waals surface area contributed by atoms with Crippen molar-refractivity contribution < 1.29 is 47.2 Å². The zero-order chi connectivity index (χ0) is 25.5. The lowest BCUT2D eigenvalue weighted by Gasteiger charge is -2.18. The van der Waals surface area contributed by atoms with Crippen LogP contribution in [-0.2, 0) is 29.2 Å². The number of aliphatic hydroxyl groups is 2. The molecule has 0 amide bonds. The number of rotatable bonds is 8. The lowest BCUT2D eigenvalue weighted by Crippen LogP contribution is -2.43. The van der Waals surface area contributed by atoms with Gasteiger partial charge >= 0.3 is 21.8 Å². The van der Waals surface area contributed by atoms with E-state index in [1.807, 2.05) is 13.0 Å². The molecule has 1 aliphatic rings. The Labute approximate surface area is 196 Å². The number of benzene rings is 1. The maximum Gasteiger partial charge on any atom is 0.705 e. The van der Waals surface area contributed by atoms with Crippen molar-refractivity contribution in [3.8, 4) is 0 Å². The van der Waals surface area contributed by atoms with E-state index in [0.717, 1.165) is 27.0 Å². The van der Waals surface area contributed by atoms with Gasteiger partial charge in [0.05, 0.1) is 13.2 Å². The summed E-state index contributed by atoms with van der Waals surface area (Å²) in [7, 11) is -8.40. The number of hydrogen-bond donors (Lipinski definition) is 4. The predicted molar refractivity (Wildman–Crippen MR) is 115 cm³/mol. The molecule has 0 radical (unpaired) electrons. The topological polar surface area (TPSA) is 213 Å². The van der Waals surface area contributed by atoms with Crippen LogP contribution in [0.5, 0.6) is 0 Å². The van der Waals surface area contributed by atoms with Crippen molar-refractivity contribution in [2.24, 2.45) is 0 Å². The molecule has 1 aromatic carbocycles. The minimum atomic E-state index is -4.96. The van der Waals surface area contributed by atoms with Crippen molar-refractivity contribution in [1.82, 2.24) is 14.3 Å².